The van der Waals surface area contributed by atoms with Gasteiger partial charge in [-0.3, -0.25) is 0 Å². The molecule has 1 unspecified atom stereocenters. The maximum Gasteiger partial charge on any atom is 0.410 e. The Morgan fingerprint density at radius 3 is 2.32 bits per heavy atom. The minimum absolute atomic E-state index is 0.0238. The SMILES string of the molecule is Cc1ccc(CS(=O)(=O)N2CCN(C(=O)OC(C)(C)C)CC2C)cc1. The molecule has 1 aromatic rings. The monoisotopic (exact) mass is 368 g/mol. The number of rotatable bonds is 3. The van der Waals surface area contributed by atoms with Crippen LogP contribution in [0.2, 0.25) is 0 Å². The third-order valence-electron chi connectivity index (χ3n) is 4.05. The van der Waals surface area contributed by atoms with Gasteiger partial charge in [0, 0.05) is 25.7 Å². The van der Waals surface area contributed by atoms with Gasteiger partial charge in [0.2, 0.25) is 10.0 Å². The Morgan fingerprint density at radius 2 is 1.80 bits per heavy atom. The van der Waals surface area contributed by atoms with Crippen molar-refractivity contribution < 1.29 is 17.9 Å². The van der Waals surface area contributed by atoms with Gasteiger partial charge >= 0.3 is 6.09 Å². The van der Waals surface area contributed by atoms with Gasteiger partial charge in [0.25, 0.3) is 0 Å². The molecule has 0 aromatic heterocycles. The van der Waals surface area contributed by atoms with Gasteiger partial charge in [-0.1, -0.05) is 29.8 Å². The fourth-order valence-corrected chi connectivity index (χ4v) is 4.58. The summed E-state index contributed by atoms with van der Waals surface area (Å²) in [5.74, 6) is -0.0238. The summed E-state index contributed by atoms with van der Waals surface area (Å²) in [5.41, 5.74) is 1.31. The van der Waals surface area contributed by atoms with Crippen LogP contribution < -0.4 is 0 Å². The minimum atomic E-state index is -3.43. The number of sulfonamides is 1. The number of ether oxygens (including phenoxy) is 1. The smallest absolute Gasteiger partial charge is 0.410 e. The molecule has 1 aromatic carbocycles. The van der Waals surface area contributed by atoms with Crippen molar-refractivity contribution in [1.82, 2.24) is 9.21 Å². The molecule has 0 saturated carbocycles. The number of amides is 1. The van der Waals surface area contributed by atoms with Gasteiger partial charge in [-0.25, -0.2) is 13.2 Å². The fourth-order valence-electron chi connectivity index (χ4n) is 2.82. The minimum Gasteiger partial charge on any atom is -0.444 e. The number of benzene rings is 1. The normalized spacial score (nSPS) is 19.7. The molecular formula is C18H28N2O4S. The highest BCUT2D eigenvalue weighted by molar-refractivity contribution is 7.88. The van der Waals surface area contributed by atoms with Crippen LogP contribution in [0, 0.1) is 6.92 Å². The maximum absolute atomic E-state index is 12.7. The van der Waals surface area contributed by atoms with Crippen molar-refractivity contribution in [2.24, 2.45) is 0 Å². The third-order valence-corrected chi connectivity index (χ3v) is 6.00. The van der Waals surface area contributed by atoms with Gasteiger partial charge in [-0.2, -0.15) is 4.31 Å². The molecule has 140 valence electrons. The second kappa shape index (κ2) is 7.33. The number of aryl methyl sites for hydroxylation is 1. The van der Waals surface area contributed by atoms with E-state index in [1.165, 1.54) is 4.31 Å². The number of piperazine rings is 1. The van der Waals surface area contributed by atoms with E-state index in [4.69, 9.17) is 4.74 Å². The lowest BCUT2D eigenvalue weighted by Gasteiger charge is -2.39. The second-order valence-electron chi connectivity index (χ2n) is 7.63. The van der Waals surface area contributed by atoms with Gasteiger partial charge in [0.05, 0.1) is 5.75 Å². The van der Waals surface area contributed by atoms with Gasteiger partial charge < -0.3 is 9.64 Å². The number of hydrogen-bond donors (Lipinski definition) is 0. The first kappa shape index (κ1) is 19.7. The Kier molecular flexibility index (Phi) is 5.79. The molecule has 25 heavy (non-hydrogen) atoms. The lowest BCUT2D eigenvalue weighted by atomic mass is 10.2. The van der Waals surface area contributed by atoms with Crippen LogP contribution in [-0.2, 0) is 20.5 Å². The quantitative estimate of drug-likeness (QED) is 0.823. The molecule has 6 nitrogen and oxygen atoms in total. The average Bonchev–Trinajstić information content (AvgIpc) is 2.47. The van der Waals surface area contributed by atoms with Gasteiger partial charge in [-0.15, -0.1) is 0 Å². The Morgan fingerprint density at radius 1 is 1.20 bits per heavy atom. The summed E-state index contributed by atoms with van der Waals surface area (Å²) >= 11 is 0. The molecule has 1 amide bonds. The Bertz CT molecular complexity index is 708. The van der Waals surface area contributed by atoms with Crippen LogP contribution in [0.3, 0.4) is 0 Å². The second-order valence-corrected chi connectivity index (χ2v) is 9.55. The summed E-state index contributed by atoms with van der Waals surface area (Å²) < 4.78 is 32.4. The van der Waals surface area contributed by atoms with Crippen molar-refractivity contribution in [1.29, 1.82) is 0 Å². The fraction of sp³-hybridized carbons (Fsp3) is 0.611. The van der Waals surface area contributed by atoms with Crippen molar-refractivity contribution in [2.75, 3.05) is 19.6 Å². The number of hydrogen-bond acceptors (Lipinski definition) is 4. The summed E-state index contributed by atoms with van der Waals surface area (Å²) in [5, 5.41) is 0. The largest absolute Gasteiger partial charge is 0.444 e. The summed E-state index contributed by atoms with van der Waals surface area (Å²) in [6.07, 6.45) is -0.394. The Hall–Kier alpha value is -1.60. The maximum atomic E-state index is 12.7. The van der Waals surface area contributed by atoms with Crippen molar-refractivity contribution in [3.05, 3.63) is 35.4 Å². The van der Waals surface area contributed by atoms with Crippen molar-refractivity contribution in [3.63, 3.8) is 0 Å². The molecule has 1 saturated heterocycles. The van der Waals surface area contributed by atoms with Crippen molar-refractivity contribution >= 4 is 16.1 Å². The highest BCUT2D eigenvalue weighted by Gasteiger charge is 2.35. The van der Waals surface area contributed by atoms with Crippen LogP contribution in [-0.4, -0.2) is 55.0 Å². The first-order valence-corrected chi connectivity index (χ1v) is 10.1. The first-order valence-electron chi connectivity index (χ1n) is 8.51. The molecule has 7 heteroatoms. The number of carbonyl (C=O) groups is 1. The summed E-state index contributed by atoms with van der Waals surface area (Å²) in [4.78, 5) is 13.8. The van der Waals surface area contributed by atoms with E-state index in [2.05, 4.69) is 0 Å². The van der Waals surface area contributed by atoms with E-state index in [1.807, 2.05) is 58.9 Å². The van der Waals surface area contributed by atoms with Crippen LogP contribution >= 0.6 is 0 Å². The molecule has 1 fully saturated rings. The predicted octanol–water partition coefficient (Wildman–Crippen LogP) is 2.77. The average molecular weight is 368 g/mol. The van der Waals surface area contributed by atoms with E-state index in [0.717, 1.165) is 11.1 Å². The molecular weight excluding hydrogens is 340 g/mol. The molecule has 0 spiro atoms. The molecule has 1 atom stereocenters. The third kappa shape index (κ3) is 5.44. The molecule has 0 bridgehead atoms. The van der Waals surface area contributed by atoms with Crippen LogP contribution in [0.15, 0.2) is 24.3 Å². The van der Waals surface area contributed by atoms with Crippen molar-refractivity contribution in [2.45, 2.75) is 52.0 Å². The zero-order chi connectivity index (χ0) is 18.8. The van der Waals surface area contributed by atoms with E-state index >= 15 is 0 Å². The topological polar surface area (TPSA) is 66.9 Å². The van der Waals surface area contributed by atoms with E-state index in [1.54, 1.807) is 4.90 Å². The molecule has 0 aliphatic carbocycles. The highest BCUT2D eigenvalue weighted by atomic mass is 32.2. The molecule has 2 rings (SSSR count). The predicted molar refractivity (Wildman–Crippen MR) is 97.8 cm³/mol. The van der Waals surface area contributed by atoms with E-state index in [9.17, 15) is 13.2 Å². The highest BCUT2D eigenvalue weighted by Crippen LogP contribution is 2.20. The van der Waals surface area contributed by atoms with E-state index in [0.29, 0.717) is 13.1 Å². The van der Waals surface area contributed by atoms with Gasteiger partial charge in [-0.05, 0) is 40.2 Å². The number of nitrogens with zero attached hydrogens (tertiary/aromatic N) is 2. The number of carbonyl (C=O) groups excluding carboxylic acids is 1. The Labute approximate surface area is 150 Å². The van der Waals surface area contributed by atoms with E-state index in [-0.39, 0.29) is 18.3 Å². The van der Waals surface area contributed by atoms with Crippen molar-refractivity contribution in [3.8, 4) is 0 Å². The molecule has 0 radical (unpaired) electrons. The summed E-state index contributed by atoms with van der Waals surface area (Å²) in [6.45, 7) is 10.2. The molecule has 1 aliphatic rings. The summed E-state index contributed by atoms with van der Waals surface area (Å²) in [6, 6.07) is 7.23. The summed E-state index contributed by atoms with van der Waals surface area (Å²) in [7, 11) is -3.43. The van der Waals surface area contributed by atoms with Crippen LogP contribution in [0.25, 0.3) is 0 Å². The molecule has 1 heterocycles. The van der Waals surface area contributed by atoms with Gasteiger partial charge in [0.15, 0.2) is 0 Å². The van der Waals surface area contributed by atoms with Gasteiger partial charge in [0.1, 0.15) is 5.60 Å². The molecule has 0 N–H and O–H groups in total. The van der Waals surface area contributed by atoms with Crippen LogP contribution in [0.1, 0.15) is 38.8 Å². The Balaban J connectivity index is 2.02. The van der Waals surface area contributed by atoms with Crippen LogP contribution in [0.5, 0.6) is 0 Å². The lowest BCUT2D eigenvalue weighted by Crippen LogP contribution is -2.56. The van der Waals surface area contributed by atoms with Crippen LogP contribution in [0.4, 0.5) is 4.79 Å². The van der Waals surface area contributed by atoms with E-state index < -0.39 is 21.7 Å². The zero-order valence-corrected chi connectivity index (χ0v) is 16.5. The standard InChI is InChI=1S/C18H28N2O4S/c1-14-6-8-16(9-7-14)13-25(22,23)20-11-10-19(12-15(20)2)17(21)24-18(3,4)5/h6-9,15H,10-13H2,1-5H3. The lowest BCUT2D eigenvalue weighted by molar-refractivity contribution is 0.0143. The molecule has 1 aliphatic heterocycles. The zero-order valence-electron chi connectivity index (χ0n) is 15.7. The first-order chi connectivity index (χ1) is 11.5.